The molecule has 4 nitrogen and oxygen atoms in total. The molecule has 0 fully saturated rings. The Bertz CT molecular complexity index is 424. The quantitative estimate of drug-likeness (QED) is 0.891. The van der Waals surface area contributed by atoms with Crippen LogP contribution in [0.1, 0.15) is 31.3 Å². The molecule has 2 aromatic rings. The van der Waals surface area contributed by atoms with Crippen LogP contribution in [0.3, 0.4) is 0 Å². The topological polar surface area (TPSA) is 50.7 Å². The van der Waals surface area contributed by atoms with E-state index in [0.717, 1.165) is 28.7 Å². The van der Waals surface area contributed by atoms with E-state index in [-0.39, 0.29) is 0 Å². The molecule has 1 atom stereocenters. The Kier molecular flexibility index (Phi) is 3.98. The van der Waals surface area contributed by atoms with Crippen LogP contribution in [0.2, 0.25) is 0 Å². The van der Waals surface area contributed by atoms with E-state index in [2.05, 4.69) is 34.3 Å². The first-order valence-corrected chi connectivity index (χ1v) is 7.06. The Balaban J connectivity index is 2.18. The summed E-state index contributed by atoms with van der Waals surface area (Å²) in [5.74, 6) is 0. The average Bonchev–Trinajstić information content (AvgIpc) is 2.95. The largest absolute Gasteiger partial charge is 0.308 e. The lowest BCUT2D eigenvalue weighted by Gasteiger charge is -2.10. The van der Waals surface area contributed by atoms with Crippen molar-refractivity contribution in [1.29, 1.82) is 0 Å². The minimum Gasteiger partial charge on any atom is -0.308 e. The van der Waals surface area contributed by atoms with Crippen LogP contribution in [-0.4, -0.2) is 21.7 Å². The Labute approximate surface area is 103 Å². The molecule has 0 saturated heterocycles. The Morgan fingerprint density at radius 3 is 2.88 bits per heavy atom. The number of nitrogens with one attached hydrogen (secondary N) is 1. The Hall–Kier alpha value is -0.850. The molecule has 0 bridgehead atoms. The van der Waals surface area contributed by atoms with Gasteiger partial charge in [-0.15, -0.1) is 21.5 Å². The molecular weight excluding hydrogens is 240 g/mol. The van der Waals surface area contributed by atoms with Crippen molar-refractivity contribution in [3.63, 3.8) is 0 Å². The van der Waals surface area contributed by atoms with Gasteiger partial charge in [-0.2, -0.15) is 0 Å². The second-order valence-corrected chi connectivity index (χ2v) is 5.07. The van der Waals surface area contributed by atoms with Crippen molar-refractivity contribution in [1.82, 2.24) is 20.5 Å². The number of nitrogens with zero attached hydrogens (tertiary/aromatic N) is 3. The van der Waals surface area contributed by atoms with Crippen molar-refractivity contribution in [2.24, 2.45) is 0 Å². The molecule has 0 saturated carbocycles. The number of aromatic nitrogens is 3. The van der Waals surface area contributed by atoms with Crippen molar-refractivity contribution in [3.8, 4) is 10.7 Å². The summed E-state index contributed by atoms with van der Waals surface area (Å²) in [4.78, 5) is 4.24. The normalized spacial score (nSPS) is 12.9. The van der Waals surface area contributed by atoms with Gasteiger partial charge in [0, 0.05) is 5.38 Å². The first-order valence-electron chi connectivity index (χ1n) is 5.30. The van der Waals surface area contributed by atoms with Crippen LogP contribution in [0.15, 0.2) is 10.9 Å². The van der Waals surface area contributed by atoms with Gasteiger partial charge in [-0.3, -0.25) is 0 Å². The Morgan fingerprint density at radius 1 is 1.38 bits per heavy atom. The number of hydrogen-bond donors (Lipinski definition) is 1. The second kappa shape index (κ2) is 5.47. The molecule has 0 aromatic carbocycles. The summed E-state index contributed by atoms with van der Waals surface area (Å²) >= 11 is 3.20. The van der Waals surface area contributed by atoms with Gasteiger partial charge in [0.05, 0.1) is 11.6 Å². The molecule has 0 amide bonds. The molecule has 0 aliphatic heterocycles. The highest BCUT2D eigenvalue weighted by Crippen LogP contribution is 2.27. The van der Waals surface area contributed by atoms with E-state index < -0.39 is 0 Å². The highest BCUT2D eigenvalue weighted by atomic mass is 32.1. The van der Waals surface area contributed by atoms with Crippen molar-refractivity contribution in [2.45, 2.75) is 26.3 Å². The third-order valence-corrected chi connectivity index (χ3v) is 3.89. The summed E-state index contributed by atoms with van der Waals surface area (Å²) in [7, 11) is 0. The fourth-order valence-electron chi connectivity index (χ4n) is 1.45. The molecule has 2 rings (SSSR count). The van der Waals surface area contributed by atoms with E-state index in [4.69, 9.17) is 0 Å². The van der Waals surface area contributed by atoms with Gasteiger partial charge in [0.15, 0.2) is 5.01 Å². The van der Waals surface area contributed by atoms with Crippen molar-refractivity contribution in [3.05, 3.63) is 15.9 Å². The van der Waals surface area contributed by atoms with Crippen molar-refractivity contribution < 1.29 is 0 Å². The zero-order valence-corrected chi connectivity index (χ0v) is 10.9. The molecule has 1 N–H and O–H groups in total. The third-order valence-electron chi connectivity index (χ3n) is 2.25. The van der Waals surface area contributed by atoms with Gasteiger partial charge < -0.3 is 5.32 Å². The lowest BCUT2D eigenvalue weighted by molar-refractivity contribution is 0.531. The zero-order chi connectivity index (χ0) is 11.4. The van der Waals surface area contributed by atoms with Gasteiger partial charge in [-0.05, 0) is 13.0 Å². The standard InChI is InChI=1S/C10H14N4S2/c1-3-7(11-4-2)9-13-14-10(16-9)8-5-15-6-12-8/h5-7,11H,3-4H2,1-2H3. The van der Waals surface area contributed by atoms with Crippen molar-refractivity contribution in [2.75, 3.05) is 6.54 Å². The van der Waals surface area contributed by atoms with Gasteiger partial charge in [-0.1, -0.05) is 25.2 Å². The summed E-state index contributed by atoms with van der Waals surface area (Å²) in [6.07, 6.45) is 1.03. The predicted octanol–water partition coefficient (Wildman–Crippen LogP) is 2.72. The zero-order valence-electron chi connectivity index (χ0n) is 9.30. The Morgan fingerprint density at radius 2 is 2.25 bits per heavy atom. The van der Waals surface area contributed by atoms with Crippen LogP contribution in [-0.2, 0) is 0 Å². The second-order valence-electron chi connectivity index (χ2n) is 3.34. The van der Waals surface area contributed by atoms with Crippen LogP contribution < -0.4 is 5.32 Å². The molecule has 6 heteroatoms. The number of hydrogen-bond acceptors (Lipinski definition) is 6. The molecule has 2 aromatic heterocycles. The van der Waals surface area contributed by atoms with Gasteiger partial charge in [0.25, 0.3) is 0 Å². The van der Waals surface area contributed by atoms with E-state index in [1.807, 2.05) is 10.9 Å². The van der Waals surface area contributed by atoms with E-state index in [1.165, 1.54) is 0 Å². The smallest absolute Gasteiger partial charge is 0.167 e. The summed E-state index contributed by atoms with van der Waals surface area (Å²) in [5, 5.41) is 15.8. The molecule has 1 unspecified atom stereocenters. The maximum absolute atomic E-state index is 4.24. The maximum atomic E-state index is 4.24. The van der Waals surface area contributed by atoms with Crippen LogP contribution in [0.25, 0.3) is 10.7 Å². The fourth-order valence-corrected chi connectivity index (χ4v) is 3.03. The maximum Gasteiger partial charge on any atom is 0.167 e. The van der Waals surface area contributed by atoms with E-state index in [0.29, 0.717) is 6.04 Å². The van der Waals surface area contributed by atoms with Crippen LogP contribution in [0, 0.1) is 0 Å². The minimum absolute atomic E-state index is 0.315. The molecule has 0 aliphatic carbocycles. The van der Waals surface area contributed by atoms with Gasteiger partial charge >= 0.3 is 0 Å². The summed E-state index contributed by atoms with van der Waals surface area (Å²) in [5.41, 5.74) is 2.75. The molecule has 0 aliphatic rings. The molecule has 0 radical (unpaired) electrons. The fraction of sp³-hybridized carbons (Fsp3) is 0.500. The predicted molar refractivity (Wildman–Crippen MR) is 67.7 cm³/mol. The van der Waals surface area contributed by atoms with Crippen molar-refractivity contribution >= 4 is 22.7 Å². The van der Waals surface area contributed by atoms with Crippen LogP contribution >= 0.6 is 22.7 Å². The van der Waals surface area contributed by atoms with E-state index in [9.17, 15) is 0 Å². The third kappa shape index (κ3) is 2.45. The average molecular weight is 254 g/mol. The summed E-state index contributed by atoms with van der Waals surface area (Å²) < 4.78 is 0. The highest BCUT2D eigenvalue weighted by Gasteiger charge is 2.15. The lowest BCUT2D eigenvalue weighted by Crippen LogP contribution is -2.19. The lowest BCUT2D eigenvalue weighted by atomic mass is 10.2. The van der Waals surface area contributed by atoms with Gasteiger partial charge in [-0.25, -0.2) is 4.98 Å². The van der Waals surface area contributed by atoms with Crippen LogP contribution in [0.4, 0.5) is 0 Å². The molecular formula is C10H14N4S2. The van der Waals surface area contributed by atoms with E-state index >= 15 is 0 Å². The van der Waals surface area contributed by atoms with Gasteiger partial charge in [0.2, 0.25) is 0 Å². The first kappa shape index (κ1) is 11.6. The first-order chi connectivity index (χ1) is 7.85. The molecule has 16 heavy (non-hydrogen) atoms. The number of thiazole rings is 1. The molecule has 2 heterocycles. The molecule has 86 valence electrons. The summed E-state index contributed by atoms with van der Waals surface area (Å²) in [6.45, 7) is 5.20. The highest BCUT2D eigenvalue weighted by molar-refractivity contribution is 7.15. The monoisotopic (exact) mass is 254 g/mol. The van der Waals surface area contributed by atoms with Crippen LogP contribution in [0.5, 0.6) is 0 Å². The summed E-state index contributed by atoms with van der Waals surface area (Å²) in [6, 6.07) is 0.315. The van der Waals surface area contributed by atoms with Gasteiger partial charge in [0.1, 0.15) is 10.7 Å². The number of rotatable bonds is 5. The SMILES string of the molecule is CCNC(CC)c1nnc(-c2cscn2)s1. The molecule has 0 spiro atoms. The van der Waals surface area contributed by atoms with E-state index in [1.54, 1.807) is 22.7 Å². The minimum atomic E-state index is 0.315.